The van der Waals surface area contributed by atoms with Crippen LogP contribution in [0.5, 0.6) is 0 Å². The average molecular weight is 324 g/mol. The van der Waals surface area contributed by atoms with Crippen LogP contribution in [0, 0.1) is 0 Å². The molecule has 8 nitrogen and oxygen atoms in total. The van der Waals surface area contributed by atoms with Gasteiger partial charge < -0.3 is 15.2 Å². The number of amides is 2. The first-order valence-corrected chi connectivity index (χ1v) is 8.24. The van der Waals surface area contributed by atoms with Crippen LogP contribution in [0.25, 0.3) is 0 Å². The van der Waals surface area contributed by atoms with Crippen LogP contribution in [0.4, 0.5) is 0 Å². The topological polar surface area (TPSA) is 130 Å². The summed E-state index contributed by atoms with van der Waals surface area (Å²) in [5, 5.41) is 3.99. The van der Waals surface area contributed by atoms with Gasteiger partial charge in [-0.15, -0.1) is 6.58 Å². The van der Waals surface area contributed by atoms with E-state index in [0.29, 0.717) is 5.41 Å². The molecule has 10 heteroatoms. The van der Waals surface area contributed by atoms with Crippen LogP contribution < -0.4 is 10.6 Å². The van der Waals surface area contributed by atoms with Gasteiger partial charge in [-0.2, -0.15) is 0 Å². The molecule has 2 unspecified atom stereocenters. The molecule has 0 aromatic carbocycles. The molecule has 2 amide bonds. The number of hydrogen-bond acceptors (Lipinski definition) is 5. The molecule has 2 atom stereocenters. The fourth-order valence-corrected chi connectivity index (χ4v) is 2.08. The second kappa shape index (κ2) is 8.61. The number of carbonyl (C=O) groups excluding carboxylic acids is 2. The van der Waals surface area contributed by atoms with E-state index in [2.05, 4.69) is 23.8 Å². The molecule has 0 aromatic heterocycles. The lowest BCUT2D eigenvalue weighted by atomic mass is 10.4. The third-order valence-electron chi connectivity index (χ3n) is 2.02. The Hall–Kier alpha value is -1.52. The molecule has 0 radical (unpaired) electrons. The molecule has 0 spiro atoms. The third kappa shape index (κ3) is 7.16. The van der Waals surface area contributed by atoms with Gasteiger partial charge in [-0.25, -0.2) is 12.6 Å². The van der Waals surface area contributed by atoms with E-state index in [1.54, 1.807) is 0 Å². The van der Waals surface area contributed by atoms with Crippen LogP contribution in [0.1, 0.15) is 0 Å². The van der Waals surface area contributed by atoms with Crippen molar-refractivity contribution in [1.29, 1.82) is 0 Å². The van der Waals surface area contributed by atoms with Gasteiger partial charge in [-0.05, 0) is 0 Å². The molecule has 20 heavy (non-hydrogen) atoms. The van der Waals surface area contributed by atoms with Crippen molar-refractivity contribution in [3.8, 4) is 0 Å². The van der Waals surface area contributed by atoms with Gasteiger partial charge in [0.2, 0.25) is 11.8 Å². The van der Waals surface area contributed by atoms with Crippen molar-refractivity contribution in [3.63, 3.8) is 0 Å². The molecular weight excluding hydrogens is 308 g/mol. The quantitative estimate of drug-likeness (QED) is 0.270. The van der Waals surface area contributed by atoms with Crippen LogP contribution in [-0.2, 0) is 30.5 Å². The lowest BCUT2D eigenvalue weighted by molar-refractivity contribution is -0.121. The van der Waals surface area contributed by atoms with E-state index >= 15 is 0 Å². The van der Waals surface area contributed by atoms with Gasteiger partial charge in [-0.1, -0.05) is 12.7 Å². The predicted octanol–water partition coefficient (Wildman–Crippen LogP) is -1.45. The summed E-state index contributed by atoms with van der Waals surface area (Å²) in [5.41, 5.74) is 0. The Balaban J connectivity index is 4.06. The maximum absolute atomic E-state index is 11.4. The van der Waals surface area contributed by atoms with E-state index in [-0.39, 0.29) is 13.1 Å². The molecule has 0 rings (SSSR count). The molecule has 0 heterocycles. The Morgan fingerprint density at radius 3 is 2.25 bits per heavy atom. The van der Waals surface area contributed by atoms with Crippen molar-refractivity contribution < 1.29 is 26.8 Å². The highest BCUT2D eigenvalue weighted by molar-refractivity contribution is 7.94. The monoisotopic (exact) mass is 324 g/mol. The third-order valence-corrected chi connectivity index (χ3v) is 4.04. The van der Waals surface area contributed by atoms with Crippen molar-refractivity contribution in [2.75, 3.05) is 18.8 Å². The van der Waals surface area contributed by atoms with Gasteiger partial charge in [0.15, 0.2) is 26.2 Å². The smallest absolute Gasteiger partial charge is 0.242 e. The molecule has 0 bridgehead atoms. The number of sulfone groups is 1. The van der Waals surface area contributed by atoms with Crippen molar-refractivity contribution >= 4 is 32.7 Å². The van der Waals surface area contributed by atoms with E-state index in [1.165, 1.54) is 0 Å². The number of rotatable bonds is 9. The van der Waals surface area contributed by atoms with E-state index in [9.17, 15) is 22.2 Å². The Morgan fingerprint density at radius 1 is 1.25 bits per heavy atom. The fourth-order valence-electron chi connectivity index (χ4n) is 1.06. The summed E-state index contributed by atoms with van der Waals surface area (Å²) in [6, 6.07) is 0. The maximum Gasteiger partial charge on any atom is 0.242 e. The normalized spacial score (nSPS) is 13.8. The zero-order valence-electron chi connectivity index (χ0n) is 10.6. The van der Waals surface area contributed by atoms with Gasteiger partial charge in [0.25, 0.3) is 0 Å². The molecular formula is C10H16N2O6S2. The first kappa shape index (κ1) is 18.5. The largest absolute Gasteiger partial charge is 0.353 e. The van der Waals surface area contributed by atoms with Crippen LogP contribution in [0.2, 0.25) is 0 Å². The van der Waals surface area contributed by atoms with E-state index in [1.807, 2.05) is 0 Å². The van der Waals surface area contributed by atoms with Gasteiger partial charge in [0, 0.05) is 18.5 Å². The summed E-state index contributed by atoms with van der Waals surface area (Å²) in [5.74, 6) is -2.17. The Morgan fingerprint density at radius 2 is 1.80 bits per heavy atom. The first-order chi connectivity index (χ1) is 9.23. The summed E-state index contributed by atoms with van der Waals surface area (Å²) in [6.07, 6.45) is 1.03. The maximum atomic E-state index is 11.4. The van der Waals surface area contributed by atoms with Gasteiger partial charge in [-0.3, -0.25) is 9.59 Å². The lowest BCUT2D eigenvalue weighted by Gasteiger charge is -2.10. The molecule has 0 saturated heterocycles. The van der Waals surface area contributed by atoms with E-state index in [0.717, 1.165) is 6.08 Å². The van der Waals surface area contributed by atoms with Crippen molar-refractivity contribution in [3.05, 3.63) is 24.6 Å². The molecule has 0 aliphatic carbocycles. The second-order valence-electron chi connectivity index (χ2n) is 3.55. The highest BCUT2D eigenvalue weighted by Gasteiger charge is 2.20. The van der Waals surface area contributed by atoms with Crippen LogP contribution in [0.3, 0.4) is 0 Å². The molecule has 0 aliphatic heterocycles. The molecule has 114 valence electrons. The second-order valence-corrected chi connectivity index (χ2v) is 6.56. The number of carbonyl (C=O) groups is 2. The lowest BCUT2D eigenvalue weighted by Crippen LogP contribution is -2.41. The van der Waals surface area contributed by atoms with Crippen molar-refractivity contribution in [2.24, 2.45) is 0 Å². The molecule has 0 saturated carbocycles. The standard InChI is InChI=1S/C10H16N2O6S2/c1-3-8(19(15)16)10(14)12-6-5-11-9(13)7-20(17,18)4-2/h3-4,8H,1-2,5-7H2,(H,11,13)(H,12,14)(H,15,16). The summed E-state index contributed by atoms with van der Waals surface area (Å²) in [7, 11) is -3.62. The highest BCUT2D eigenvalue weighted by Crippen LogP contribution is 1.94. The Bertz CT molecular complexity index is 514. The summed E-state index contributed by atoms with van der Waals surface area (Å²) >= 11 is -2.37. The average Bonchev–Trinajstić information content (AvgIpc) is 2.34. The van der Waals surface area contributed by atoms with Gasteiger partial charge in [0.05, 0.1) is 0 Å². The van der Waals surface area contributed by atoms with Crippen LogP contribution in [-0.4, -0.2) is 53.1 Å². The molecule has 0 aliphatic rings. The minimum Gasteiger partial charge on any atom is -0.353 e. The number of nitrogens with one attached hydrogen (secondary N) is 2. The Labute approximate surface area is 119 Å². The van der Waals surface area contributed by atoms with E-state index in [4.69, 9.17) is 4.55 Å². The number of hydrogen-bond donors (Lipinski definition) is 3. The summed E-state index contributed by atoms with van der Waals surface area (Å²) < 4.78 is 41.6. The summed E-state index contributed by atoms with van der Waals surface area (Å²) in [4.78, 5) is 22.6. The Kier molecular flexibility index (Phi) is 7.96. The molecule has 0 aromatic rings. The van der Waals surface area contributed by atoms with E-state index < -0.39 is 43.7 Å². The van der Waals surface area contributed by atoms with Gasteiger partial charge >= 0.3 is 0 Å². The zero-order chi connectivity index (χ0) is 15.8. The van der Waals surface area contributed by atoms with Crippen LogP contribution in [0.15, 0.2) is 24.6 Å². The van der Waals surface area contributed by atoms with Crippen molar-refractivity contribution in [1.82, 2.24) is 10.6 Å². The minimum atomic E-state index is -3.62. The molecule has 3 N–H and O–H groups in total. The first-order valence-electron chi connectivity index (χ1n) is 5.35. The molecule has 0 fully saturated rings. The minimum absolute atomic E-state index is 0.0136. The SMILES string of the molecule is C=CC(C(=O)NCCNC(=O)CS(=O)(=O)C=C)S(=O)O. The van der Waals surface area contributed by atoms with Crippen LogP contribution >= 0.6 is 0 Å². The fraction of sp³-hybridized carbons (Fsp3) is 0.400. The highest BCUT2D eigenvalue weighted by atomic mass is 32.2. The summed E-state index contributed by atoms with van der Waals surface area (Å²) in [6.45, 7) is 6.28. The van der Waals surface area contributed by atoms with Gasteiger partial charge in [0.1, 0.15) is 5.75 Å². The predicted molar refractivity (Wildman–Crippen MR) is 74.8 cm³/mol. The zero-order valence-corrected chi connectivity index (χ0v) is 12.2. The van der Waals surface area contributed by atoms with Crippen molar-refractivity contribution in [2.45, 2.75) is 5.25 Å².